The van der Waals surface area contributed by atoms with E-state index in [9.17, 15) is 10.1 Å². The Morgan fingerprint density at radius 3 is 2.64 bits per heavy atom. The Kier molecular flexibility index (Phi) is 5.65. The predicted molar refractivity (Wildman–Crippen MR) is 136 cm³/mol. The highest BCUT2D eigenvalue weighted by molar-refractivity contribution is 5.91. The summed E-state index contributed by atoms with van der Waals surface area (Å²) in [4.78, 5) is 24.2. The van der Waals surface area contributed by atoms with E-state index in [1.807, 2.05) is 80.8 Å². The van der Waals surface area contributed by atoms with Crippen LogP contribution in [-0.4, -0.2) is 35.8 Å². The van der Waals surface area contributed by atoms with E-state index in [-0.39, 0.29) is 6.54 Å². The van der Waals surface area contributed by atoms with Gasteiger partial charge in [0.1, 0.15) is 5.60 Å². The van der Waals surface area contributed by atoms with Crippen LogP contribution in [-0.2, 0) is 11.3 Å². The monoisotopic (exact) mass is 479 g/mol. The van der Waals surface area contributed by atoms with Crippen LogP contribution < -0.4 is 4.90 Å². The minimum atomic E-state index is -0.700. The lowest BCUT2D eigenvalue weighted by Gasteiger charge is -2.27. The third-order valence-corrected chi connectivity index (χ3v) is 5.63. The van der Waals surface area contributed by atoms with Crippen molar-refractivity contribution < 1.29 is 9.53 Å². The number of rotatable bonds is 4. The average Bonchev–Trinajstić information content (AvgIpc) is 3.44. The van der Waals surface area contributed by atoms with E-state index in [0.717, 1.165) is 22.2 Å². The zero-order valence-corrected chi connectivity index (χ0v) is 20.5. The standard InChI is InChI=1S/C27H25N7O2/c1-18-15-21-20(16-28)11-8-12-22(21)34(18)25-30-24(23-29-13-14-33(23)31-25)32(26(35)36-27(2,3)4)17-19-9-6-5-7-10-19/h5-15H,17H2,1-4H3. The number of anilines is 1. The number of aryl methyl sites for hydroxylation is 1. The molecule has 0 radical (unpaired) electrons. The summed E-state index contributed by atoms with van der Waals surface area (Å²) < 4.78 is 9.22. The van der Waals surface area contributed by atoms with Crippen molar-refractivity contribution in [2.45, 2.75) is 39.8 Å². The Hall–Kier alpha value is -4.71. The maximum atomic E-state index is 13.5. The first kappa shape index (κ1) is 23.1. The second kappa shape index (κ2) is 8.82. The van der Waals surface area contributed by atoms with Crippen LogP contribution in [0.3, 0.4) is 0 Å². The van der Waals surface area contributed by atoms with Gasteiger partial charge in [-0.25, -0.2) is 14.3 Å². The van der Waals surface area contributed by atoms with E-state index < -0.39 is 11.7 Å². The summed E-state index contributed by atoms with van der Waals surface area (Å²) in [7, 11) is 0. The van der Waals surface area contributed by atoms with Gasteiger partial charge in [-0.3, -0.25) is 9.47 Å². The predicted octanol–water partition coefficient (Wildman–Crippen LogP) is 5.19. The van der Waals surface area contributed by atoms with Gasteiger partial charge < -0.3 is 4.74 Å². The highest BCUT2D eigenvalue weighted by Gasteiger charge is 2.28. The third kappa shape index (κ3) is 4.25. The van der Waals surface area contributed by atoms with E-state index in [0.29, 0.717) is 23.0 Å². The van der Waals surface area contributed by atoms with Gasteiger partial charge in [0.15, 0.2) is 11.5 Å². The number of nitrogens with zero attached hydrogens (tertiary/aromatic N) is 7. The van der Waals surface area contributed by atoms with Gasteiger partial charge in [0.05, 0.1) is 23.7 Å². The molecule has 0 fully saturated rings. The summed E-state index contributed by atoms with van der Waals surface area (Å²) in [5, 5.41) is 15.0. The molecule has 9 nitrogen and oxygen atoms in total. The molecule has 5 aromatic rings. The molecule has 3 aromatic heterocycles. The largest absolute Gasteiger partial charge is 0.443 e. The van der Waals surface area contributed by atoms with Crippen molar-refractivity contribution in [2.24, 2.45) is 0 Å². The molecule has 0 bridgehead atoms. The van der Waals surface area contributed by atoms with Gasteiger partial charge in [-0.15, -0.1) is 5.10 Å². The van der Waals surface area contributed by atoms with E-state index in [1.54, 1.807) is 23.0 Å². The summed E-state index contributed by atoms with van der Waals surface area (Å²) in [5.41, 5.74) is 2.85. The lowest BCUT2D eigenvalue weighted by molar-refractivity contribution is 0.0576. The van der Waals surface area contributed by atoms with Crippen LogP contribution in [0.15, 0.2) is 67.0 Å². The van der Waals surface area contributed by atoms with Crippen molar-refractivity contribution in [1.29, 1.82) is 5.26 Å². The number of aromatic nitrogens is 5. The Balaban J connectivity index is 1.72. The lowest BCUT2D eigenvalue weighted by atomic mass is 10.1. The fourth-order valence-corrected chi connectivity index (χ4v) is 4.11. The summed E-state index contributed by atoms with van der Waals surface area (Å²) >= 11 is 0. The third-order valence-electron chi connectivity index (χ3n) is 5.63. The quantitative estimate of drug-likeness (QED) is 0.352. The fraction of sp³-hybridized carbons (Fsp3) is 0.222. The molecule has 1 amide bonds. The highest BCUT2D eigenvalue weighted by Crippen LogP contribution is 2.28. The number of carbonyl (C=O) groups is 1. The molecule has 36 heavy (non-hydrogen) atoms. The van der Waals surface area contributed by atoms with Gasteiger partial charge >= 0.3 is 6.09 Å². The Morgan fingerprint density at radius 2 is 1.92 bits per heavy atom. The number of nitriles is 1. The number of benzene rings is 2. The van der Waals surface area contributed by atoms with Crippen molar-refractivity contribution in [2.75, 3.05) is 4.90 Å². The van der Waals surface area contributed by atoms with Crippen molar-refractivity contribution in [3.05, 3.63) is 83.8 Å². The van der Waals surface area contributed by atoms with Crippen LogP contribution in [0.4, 0.5) is 10.6 Å². The molecule has 0 saturated carbocycles. The van der Waals surface area contributed by atoms with Crippen LogP contribution in [0.25, 0.3) is 22.5 Å². The van der Waals surface area contributed by atoms with Crippen molar-refractivity contribution in [1.82, 2.24) is 24.1 Å². The molecule has 0 aliphatic rings. The van der Waals surface area contributed by atoms with Gasteiger partial charge in [0.2, 0.25) is 0 Å². The summed E-state index contributed by atoms with van der Waals surface area (Å²) in [5.74, 6) is 0.667. The van der Waals surface area contributed by atoms with Crippen LogP contribution >= 0.6 is 0 Å². The molecule has 0 saturated heterocycles. The van der Waals surface area contributed by atoms with E-state index in [1.165, 1.54) is 4.90 Å². The first-order valence-corrected chi connectivity index (χ1v) is 11.5. The summed E-state index contributed by atoms with van der Waals surface area (Å²) in [6.45, 7) is 7.63. The van der Waals surface area contributed by atoms with Crippen LogP contribution in [0.5, 0.6) is 0 Å². The second-order valence-electron chi connectivity index (χ2n) is 9.45. The molecule has 180 valence electrons. The van der Waals surface area contributed by atoms with Gasteiger partial charge in [0.25, 0.3) is 5.95 Å². The molecule has 3 heterocycles. The Morgan fingerprint density at radius 1 is 1.14 bits per heavy atom. The molecule has 0 aliphatic carbocycles. The second-order valence-corrected chi connectivity index (χ2v) is 9.45. The molecule has 5 rings (SSSR count). The number of hydrogen-bond donors (Lipinski definition) is 0. The molecule has 0 unspecified atom stereocenters. The number of fused-ring (bicyclic) bond motifs is 2. The zero-order valence-electron chi connectivity index (χ0n) is 20.5. The number of imidazole rings is 1. The van der Waals surface area contributed by atoms with E-state index in [2.05, 4.69) is 16.2 Å². The van der Waals surface area contributed by atoms with Gasteiger partial charge in [-0.05, 0) is 51.5 Å². The van der Waals surface area contributed by atoms with Crippen LogP contribution in [0.2, 0.25) is 0 Å². The van der Waals surface area contributed by atoms with Gasteiger partial charge in [0, 0.05) is 23.5 Å². The number of amides is 1. The molecular formula is C27H25N7O2. The zero-order chi connectivity index (χ0) is 25.4. The van der Waals surface area contributed by atoms with Gasteiger partial charge in [-0.2, -0.15) is 10.2 Å². The maximum absolute atomic E-state index is 13.5. The fourth-order valence-electron chi connectivity index (χ4n) is 4.11. The summed E-state index contributed by atoms with van der Waals surface area (Å²) in [6, 6.07) is 19.3. The van der Waals surface area contributed by atoms with E-state index in [4.69, 9.17) is 9.72 Å². The average molecular weight is 480 g/mol. The number of hydrogen-bond acceptors (Lipinski definition) is 6. The number of carbonyl (C=O) groups excluding carboxylic acids is 1. The molecule has 2 aromatic carbocycles. The molecule has 9 heteroatoms. The minimum absolute atomic E-state index is 0.235. The Bertz CT molecular complexity index is 1620. The van der Waals surface area contributed by atoms with Crippen molar-refractivity contribution >= 4 is 28.5 Å². The molecule has 0 aliphatic heterocycles. The van der Waals surface area contributed by atoms with Gasteiger partial charge in [-0.1, -0.05) is 36.4 Å². The van der Waals surface area contributed by atoms with Crippen molar-refractivity contribution in [3.63, 3.8) is 0 Å². The lowest BCUT2D eigenvalue weighted by Crippen LogP contribution is -2.37. The molecular weight excluding hydrogens is 454 g/mol. The Labute approximate surface area is 208 Å². The number of ether oxygens (including phenoxy) is 1. The highest BCUT2D eigenvalue weighted by atomic mass is 16.6. The van der Waals surface area contributed by atoms with Crippen molar-refractivity contribution in [3.8, 4) is 12.0 Å². The first-order chi connectivity index (χ1) is 17.2. The smallest absolute Gasteiger partial charge is 0.416 e. The SMILES string of the molecule is Cc1cc2c(C#N)cccc2n1-c1nc(N(Cc2ccccc2)C(=O)OC(C)(C)C)c2nccn2n1. The topological polar surface area (TPSA) is 101 Å². The molecule has 0 N–H and O–H groups in total. The summed E-state index contributed by atoms with van der Waals surface area (Å²) in [6.07, 6.45) is 2.78. The molecule has 0 atom stereocenters. The first-order valence-electron chi connectivity index (χ1n) is 11.5. The molecule has 0 spiro atoms. The maximum Gasteiger partial charge on any atom is 0.416 e. The van der Waals surface area contributed by atoms with Crippen LogP contribution in [0, 0.1) is 18.3 Å². The minimum Gasteiger partial charge on any atom is -0.443 e. The van der Waals surface area contributed by atoms with Crippen LogP contribution in [0.1, 0.15) is 37.6 Å². The normalized spacial score (nSPS) is 11.5. The van der Waals surface area contributed by atoms with E-state index >= 15 is 0 Å².